The Balaban J connectivity index is 1.64. The van der Waals surface area contributed by atoms with Crippen LogP contribution in [0.3, 0.4) is 0 Å². The Labute approximate surface area is 238 Å². The molecule has 0 unspecified atom stereocenters. The van der Waals surface area contributed by atoms with Crippen LogP contribution in [0.2, 0.25) is 0 Å². The Morgan fingerprint density at radius 1 is 1.00 bits per heavy atom. The normalized spacial score (nSPS) is 14.8. The summed E-state index contributed by atoms with van der Waals surface area (Å²) in [6, 6.07) is 19.6. The number of rotatable bonds is 9. The van der Waals surface area contributed by atoms with Crippen LogP contribution < -0.4 is 19.6 Å². The highest BCUT2D eigenvalue weighted by atomic mass is 32.1. The summed E-state index contributed by atoms with van der Waals surface area (Å²) in [5.74, 6) is -0.493. The number of hydrogen-bond donors (Lipinski definition) is 0. The first kappa shape index (κ1) is 27.3. The van der Waals surface area contributed by atoms with Gasteiger partial charge in [0.2, 0.25) is 0 Å². The van der Waals surface area contributed by atoms with Crippen LogP contribution in [0.25, 0.3) is 11.8 Å². The number of thiophene rings is 1. The lowest BCUT2D eigenvalue weighted by Crippen LogP contribution is -2.39. The fourth-order valence-corrected chi connectivity index (χ4v) is 6.17. The Bertz CT molecular complexity index is 1740. The van der Waals surface area contributed by atoms with E-state index in [-0.39, 0.29) is 25.4 Å². The zero-order chi connectivity index (χ0) is 28.1. The van der Waals surface area contributed by atoms with E-state index in [0.29, 0.717) is 31.9 Å². The molecule has 0 fully saturated rings. The summed E-state index contributed by atoms with van der Waals surface area (Å²) >= 11 is 2.71. The average Bonchev–Trinajstić information content (AvgIpc) is 3.60. The minimum Gasteiger partial charge on any atom is -0.482 e. The molecule has 1 aliphatic heterocycles. The molecule has 5 rings (SSSR count). The second kappa shape index (κ2) is 12.3. The molecule has 0 spiro atoms. The van der Waals surface area contributed by atoms with Crippen molar-refractivity contribution < 1.29 is 23.8 Å². The van der Waals surface area contributed by atoms with Crippen molar-refractivity contribution in [1.29, 1.82) is 0 Å². The molecular formula is C30H26N2O6S2. The van der Waals surface area contributed by atoms with Crippen molar-refractivity contribution in [1.82, 2.24) is 4.57 Å². The standard InChI is InChI=1S/C30H26N2O6S2/c1-3-36-24(33)18-38-21-13-8-10-19(16-21)17-23-28(34)32-27(22-14-9-15-39-22)25(29(35)37-4-2)26(31-30(32)40-23)20-11-6-5-7-12-20/h5-17,27H,3-4,18H2,1-2H3/b23-17-/t27-/m1/s1. The van der Waals surface area contributed by atoms with Crippen LogP contribution in [-0.4, -0.2) is 36.3 Å². The second-order valence-electron chi connectivity index (χ2n) is 8.61. The molecule has 0 aliphatic carbocycles. The van der Waals surface area contributed by atoms with Crippen LogP contribution in [0.15, 0.2) is 87.5 Å². The first-order chi connectivity index (χ1) is 19.5. The SMILES string of the molecule is CCOC(=O)COc1cccc(/C=c2\sc3n(c2=O)[C@H](c2cccs2)C(C(=O)OCC)=C(c2ccccc2)N=3)c1. The summed E-state index contributed by atoms with van der Waals surface area (Å²) in [5.41, 5.74) is 2.01. The van der Waals surface area contributed by atoms with Gasteiger partial charge in [0.15, 0.2) is 11.4 Å². The minimum absolute atomic E-state index is 0.195. The van der Waals surface area contributed by atoms with E-state index in [9.17, 15) is 14.4 Å². The Morgan fingerprint density at radius 3 is 2.52 bits per heavy atom. The molecule has 0 bridgehead atoms. The maximum absolute atomic E-state index is 13.9. The lowest BCUT2D eigenvalue weighted by Gasteiger charge is -2.24. The molecule has 204 valence electrons. The van der Waals surface area contributed by atoms with Crippen molar-refractivity contribution in [2.24, 2.45) is 4.99 Å². The molecule has 2 aromatic heterocycles. The van der Waals surface area contributed by atoms with Gasteiger partial charge in [-0.3, -0.25) is 9.36 Å². The number of thiazole rings is 1. The predicted molar refractivity (Wildman–Crippen MR) is 154 cm³/mol. The molecular weight excluding hydrogens is 548 g/mol. The van der Waals surface area contributed by atoms with Crippen molar-refractivity contribution in [3.8, 4) is 5.75 Å². The topological polar surface area (TPSA) is 96.2 Å². The predicted octanol–water partition coefficient (Wildman–Crippen LogP) is 3.94. The summed E-state index contributed by atoms with van der Waals surface area (Å²) in [6.45, 7) is 3.75. The first-order valence-corrected chi connectivity index (χ1v) is 14.4. The highest BCUT2D eigenvalue weighted by molar-refractivity contribution is 7.10. The van der Waals surface area contributed by atoms with E-state index < -0.39 is 18.0 Å². The van der Waals surface area contributed by atoms with Gasteiger partial charge in [0.25, 0.3) is 5.56 Å². The maximum Gasteiger partial charge on any atom is 0.344 e. The highest BCUT2D eigenvalue weighted by Crippen LogP contribution is 2.36. The Morgan fingerprint density at radius 2 is 1.80 bits per heavy atom. The molecule has 0 radical (unpaired) electrons. The van der Waals surface area contributed by atoms with Gasteiger partial charge >= 0.3 is 11.9 Å². The number of aromatic nitrogens is 1. The maximum atomic E-state index is 13.9. The van der Waals surface area contributed by atoms with Gasteiger partial charge in [0, 0.05) is 10.4 Å². The molecule has 8 nitrogen and oxygen atoms in total. The molecule has 4 aromatic rings. The van der Waals surface area contributed by atoms with E-state index in [2.05, 4.69) is 0 Å². The van der Waals surface area contributed by atoms with E-state index in [1.165, 1.54) is 22.7 Å². The summed E-state index contributed by atoms with van der Waals surface area (Å²) < 4.78 is 18.0. The molecule has 0 saturated carbocycles. The molecule has 1 aliphatic rings. The average molecular weight is 575 g/mol. The van der Waals surface area contributed by atoms with Gasteiger partial charge in [0.1, 0.15) is 11.8 Å². The van der Waals surface area contributed by atoms with Crippen LogP contribution in [-0.2, 0) is 19.1 Å². The Hall–Kier alpha value is -4.28. The molecule has 10 heteroatoms. The van der Waals surface area contributed by atoms with Gasteiger partial charge in [-0.15, -0.1) is 11.3 Å². The molecule has 0 saturated heterocycles. The second-order valence-corrected chi connectivity index (χ2v) is 10.6. The lowest BCUT2D eigenvalue weighted by atomic mass is 9.97. The summed E-state index contributed by atoms with van der Waals surface area (Å²) in [6.07, 6.45) is 1.75. The third kappa shape index (κ3) is 5.68. The van der Waals surface area contributed by atoms with E-state index in [1.807, 2.05) is 53.9 Å². The van der Waals surface area contributed by atoms with Crippen molar-refractivity contribution >= 4 is 46.4 Å². The molecule has 3 heterocycles. The first-order valence-electron chi connectivity index (χ1n) is 12.7. The zero-order valence-electron chi connectivity index (χ0n) is 21.9. The van der Waals surface area contributed by atoms with Crippen molar-refractivity contribution in [2.45, 2.75) is 19.9 Å². The summed E-state index contributed by atoms with van der Waals surface area (Å²) in [7, 11) is 0. The van der Waals surface area contributed by atoms with Crippen LogP contribution >= 0.6 is 22.7 Å². The number of carbonyl (C=O) groups excluding carboxylic acids is 2. The van der Waals surface area contributed by atoms with E-state index in [1.54, 1.807) is 42.7 Å². The number of carbonyl (C=O) groups is 2. The quantitative estimate of drug-likeness (QED) is 0.281. The van der Waals surface area contributed by atoms with Gasteiger partial charge in [-0.05, 0) is 49.1 Å². The van der Waals surface area contributed by atoms with Crippen LogP contribution in [0.5, 0.6) is 5.75 Å². The number of benzene rings is 2. The van der Waals surface area contributed by atoms with Crippen molar-refractivity contribution in [3.05, 3.63) is 113 Å². The molecule has 40 heavy (non-hydrogen) atoms. The van der Waals surface area contributed by atoms with Gasteiger partial charge in [-0.1, -0.05) is 59.9 Å². The van der Waals surface area contributed by atoms with Gasteiger partial charge in [0.05, 0.1) is 29.0 Å². The fraction of sp³-hybridized carbons (Fsp3) is 0.200. The molecule has 1 atom stereocenters. The Kier molecular flexibility index (Phi) is 8.37. The van der Waals surface area contributed by atoms with Crippen molar-refractivity contribution in [3.63, 3.8) is 0 Å². The number of fused-ring (bicyclic) bond motifs is 1. The lowest BCUT2D eigenvalue weighted by molar-refractivity contribution is -0.145. The monoisotopic (exact) mass is 574 g/mol. The smallest absolute Gasteiger partial charge is 0.344 e. The summed E-state index contributed by atoms with van der Waals surface area (Å²) in [4.78, 5) is 45.1. The number of hydrogen-bond acceptors (Lipinski definition) is 9. The summed E-state index contributed by atoms with van der Waals surface area (Å²) in [5, 5.41) is 1.91. The van der Waals surface area contributed by atoms with Crippen LogP contribution in [0.1, 0.15) is 35.9 Å². The van der Waals surface area contributed by atoms with Gasteiger partial charge in [-0.25, -0.2) is 14.6 Å². The van der Waals surface area contributed by atoms with E-state index >= 15 is 0 Å². The molecule has 0 N–H and O–H groups in total. The zero-order valence-corrected chi connectivity index (χ0v) is 23.5. The third-order valence-electron chi connectivity index (χ3n) is 6.00. The van der Waals surface area contributed by atoms with Crippen LogP contribution in [0.4, 0.5) is 0 Å². The van der Waals surface area contributed by atoms with Gasteiger partial charge < -0.3 is 14.2 Å². The molecule has 2 aromatic carbocycles. The van der Waals surface area contributed by atoms with Gasteiger partial charge in [-0.2, -0.15) is 0 Å². The van der Waals surface area contributed by atoms with E-state index in [4.69, 9.17) is 19.2 Å². The minimum atomic E-state index is -0.688. The van der Waals surface area contributed by atoms with E-state index in [0.717, 1.165) is 10.4 Å². The largest absolute Gasteiger partial charge is 0.482 e. The van der Waals surface area contributed by atoms with Crippen molar-refractivity contribution in [2.75, 3.05) is 19.8 Å². The number of ether oxygens (including phenoxy) is 3. The third-order valence-corrected chi connectivity index (χ3v) is 7.91. The number of esters is 2. The molecule has 0 amide bonds. The van der Waals surface area contributed by atoms with Crippen LogP contribution in [0, 0.1) is 0 Å². The fourth-order valence-electron chi connectivity index (χ4n) is 4.35. The number of nitrogens with zero attached hydrogens (tertiary/aromatic N) is 2. The highest BCUT2D eigenvalue weighted by Gasteiger charge is 2.35.